The Hall–Kier alpha value is -2.02. The Labute approximate surface area is 145 Å². The molecule has 0 saturated heterocycles. The third kappa shape index (κ3) is 3.90. The Balaban J connectivity index is 2.31. The zero-order valence-electron chi connectivity index (χ0n) is 15.0. The summed E-state index contributed by atoms with van der Waals surface area (Å²) in [5.74, 6) is 0.158. The third-order valence-electron chi connectivity index (χ3n) is 3.69. The minimum atomic E-state index is -0.415. The van der Waals surface area contributed by atoms with Gasteiger partial charge in [0.1, 0.15) is 16.4 Å². The number of amides is 1. The van der Waals surface area contributed by atoms with Gasteiger partial charge in [-0.2, -0.15) is 0 Å². The molecule has 130 valence electrons. The SMILES string of the molecule is CCC(NC(=O)c1c(C)nc(C(C)(C)C)[nH]c1=O)c1ncc(C)s1. The van der Waals surface area contributed by atoms with E-state index in [0.29, 0.717) is 17.9 Å². The van der Waals surface area contributed by atoms with Crippen LogP contribution in [0.5, 0.6) is 0 Å². The van der Waals surface area contributed by atoms with Crippen molar-refractivity contribution in [3.63, 3.8) is 0 Å². The van der Waals surface area contributed by atoms with Gasteiger partial charge in [0.2, 0.25) is 0 Å². The average molecular weight is 348 g/mol. The first-order valence-electron chi connectivity index (χ1n) is 7.98. The number of carbonyl (C=O) groups excluding carboxylic acids is 1. The van der Waals surface area contributed by atoms with Gasteiger partial charge < -0.3 is 10.3 Å². The van der Waals surface area contributed by atoms with Gasteiger partial charge in [0, 0.05) is 16.5 Å². The first-order chi connectivity index (χ1) is 11.1. The van der Waals surface area contributed by atoms with Crippen molar-refractivity contribution >= 4 is 17.2 Å². The van der Waals surface area contributed by atoms with Crippen molar-refractivity contribution in [3.05, 3.63) is 43.5 Å². The van der Waals surface area contributed by atoms with Gasteiger partial charge in [-0.15, -0.1) is 11.3 Å². The van der Waals surface area contributed by atoms with Gasteiger partial charge in [0.25, 0.3) is 11.5 Å². The fourth-order valence-corrected chi connectivity index (χ4v) is 3.22. The summed E-state index contributed by atoms with van der Waals surface area (Å²) in [6.07, 6.45) is 2.48. The summed E-state index contributed by atoms with van der Waals surface area (Å²) in [6, 6.07) is -0.211. The van der Waals surface area contributed by atoms with Gasteiger partial charge in [-0.1, -0.05) is 27.7 Å². The Bertz CT molecular complexity index is 802. The Morgan fingerprint density at radius 1 is 1.38 bits per heavy atom. The van der Waals surface area contributed by atoms with Gasteiger partial charge in [-0.25, -0.2) is 9.97 Å². The van der Waals surface area contributed by atoms with E-state index in [1.165, 1.54) is 0 Å². The maximum Gasteiger partial charge on any atom is 0.264 e. The lowest BCUT2D eigenvalue weighted by atomic mass is 9.95. The smallest absolute Gasteiger partial charge is 0.264 e. The zero-order chi connectivity index (χ0) is 18.1. The summed E-state index contributed by atoms with van der Waals surface area (Å²) < 4.78 is 0. The topological polar surface area (TPSA) is 87.7 Å². The van der Waals surface area contributed by atoms with E-state index >= 15 is 0 Å². The maximum absolute atomic E-state index is 12.6. The van der Waals surface area contributed by atoms with Crippen LogP contribution >= 0.6 is 11.3 Å². The molecule has 6 nitrogen and oxygen atoms in total. The third-order valence-corrected chi connectivity index (χ3v) is 4.72. The van der Waals surface area contributed by atoms with Crippen molar-refractivity contribution in [3.8, 4) is 0 Å². The first kappa shape index (κ1) is 18.3. The Morgan fingerprint density at radius 3 is 2.50 bits per heavy atom. The molecule has 0 bridgehead atoms. The predicted octanol–water partition coefficient (Wildman–Crippen LogP) is 3.02. The molecule has 0 spiro atoms. The number of rotatable bonds is 4. The molecule has 1 atom stereocenters. The van der Waals surface area contributed by atoms with Crippen LogP contribution in [0, 0.1) is 13.8 Å². The number of nitrogens with one attached hydrogen (secondary N) is 2. The van der Waals surface area contributed by atoms with Gasteiger partial charge in [-0.3, -0.25) is 9.59 Å². The molecular formula is C17H24N4O2S. The fourth-order valence-electron chi connectivity index (χ4n) is 2.31. The number of aryl methyl sites for hydroxylation is 2. The molecule has 2 N–H and O–H groups in total. The van der Waals surface area contributed by atoms with Crippen LogP contribution in [0.3, 0.4) is 0 Å². The average Bonchev–Trinajstić information content (AvgIpc) is 2.89. The van der Waals surface area contributed by atoms with E-state index < -0.39 is 11.5 Å². The van der Waals surface area contributed by atoms with Crippen LogP contribution in [-0.2, 0) is 5.41 Å². The van der Waals surface area contributed by atoms with Crippen molar-refractivity contribution in [1.82, 2.24) is 20.3 Å². The molecule has 24 heavy (non-hydrogen) atoms. The van der Waals surface area contributed by atoms with Crippen LogP contribution in [0.1, 0.15) is 71.9 Å². The van der Waals surface area contributed by atoms with Gasteiger partial charge in [0.05, 0.1) is 11.7 Å². The largest absolute Gasteiger partial charge is 0.343 e. The highest BCUT2D eigenvalue weighted by Gasteiger charge is 2.24. The van der Waals surface area contributed by atoms with Gasteiger partial charge in [0.15, 0.2) is 0 Å². The Kier molecular flexibility index (Phi) is 5.22. The van der Waals surface area contributed by atoms with E-state index in [1.807, 2.05) is 34.6 Å². The zero-order valence-corrected chi connectivity index (χ0v) is 15.8. The standard InChI is InChI=1S/C17H24N4O2S/c1-7-11(15-18-8-9(2)24-15)20-13(22)12-10(3)19-16(17(4,5)6)21-14(12)23/h8,11H,7H2,1-6H3,(H,20,22)(H,19,21,23). The molecule has 1 unspecified atom stereocenters. The highest BCUT2D eigenvalue weighted by Crippen LogP contribution is 2.22. The lowest BCUT2D eigenvalue weighted by molar-refractivity contribution is 0.0932. The van der Waals surface area contributed by atoms with Crippen LogP contribution < -0.4 is 10.9 Å². The molecule has 0 saturated carbocycles. The number of aromatic nitrogens is 3. The van der Waals surface area contributed by atoms with Crippen molar-refractivity contribution in [1.29, 1.82) is 0 Å². The molecule has 0 aliphatic heterocycles. The van der Waals surface area contributed by atoms with E-state index in [9.17, 15) is 9.59 Å². The van der Waals surface area contributed by atoms with E-state index in [-0.39, 0.29) is 17.0 Å². The second kappa shape index (κ2) is 6.84. The lowest BCUT2D eigenvalue weighted by Crippen LogP contribution is -2.35. The first-order valence-corrected chi connectivity index (χ1v) is 8.79. The normalized spacial score (nSPS) is 12.9. The molecule has 0 aromatic carbocycles. The van der Waals surface area contributed by atoms with E-state index in [0.717, 1.165) is 9.88 Å². The Morgan fingerprint density at radius 2 is 2.04 bits per heavy atom. The summed E-state index contributed by atoms with van der Waals surface area (Å²) in [7, 11) is 0. The second-order valence-electron chi connectivity index (χ2n) is 6.87. The highest BCUT2D eigenvalue weighted by atomic mass is 32.1. The van der Waals surface area contributed by atoms with Crippen LogP contribution in [-0.4, -0.2) is 20.9 Å². The quantitative estimate of drug-likeness (QED) is 0.889. The monoisotopic (exact) mass is 348 g/mol. The molecule has 0 fully saturated rings. The number of thiazole rings is 1. The highest BCUT2D eigenvalue weighted by molar-refractivity contribution is 7.11. The maximum atomic E-state index is 12.6. The van der Waals surface area contributed by atoms with E-state index in [2.05, 4.69) is 20.3 Å². The molecule has 1 amide bonds. The predicted molar refractivity (Wildman–Crippen MR) is 95.6 cm³/mol. The van der Waals surface area contributed by atoms with Gasteiger partial charge in [-0.05, 0) is 20.3 Å². The van der Waals surface area contributed by atoms with Crippen LogP contribution in [0.4, 0.5) is 0 Å². The van der Waals surface area contributed by atoms with Crippen molar-refractivity contribution in [2.24, 2.45) is 0 Å². The van der Waals surface area contributed by atoms with E-state index in [1.54, 1.807) is 24.5 Å². The number of hydrogen-bond acceptors (Lipinski definition) is 5. The summed E-state index contributed by atoms with van der Waals surface area (Å²) in [5, 5.41) is 3.75. The van der Waals surface area contributed by atoms with Crippen LogP contribution in [0.15, 0.2) is 11.0 Å². The number of hydrogen-bond donors (Lipinski definition) is 2. The molecule has 7 heteroatoms. The van der Waals surface area contributed by atoms with Crippen molar-refractivity contribution < 1.29 is 4.79 Å². The van der Waals surface area contributed by atoms with Gasteiger partial charge >= 0.3 is 0 Å². The number of aromatic amines is 1. The van der Waals surface area contributed by atoms with Crippen LogP contribution in [0.2, 0.25) is 0 Å². The minimum absolute atomic E-state index is 0.0646. The summed E-state index contributed by atoms with van der Waals surface area (Å²) in [6.45, 7) is 11.5. The second-order valence-corrected chi connectivity index (χ2v) is 8.13. The van der Waals surface area contributed by atoms with Crippen LogP contribution in [0.25, 0.3) is 0 Å². The fraction of sp³-hybridized carbons (Fsp3) is 0.529. The number of carbonyl (C=O) groups is 1. The summed E-state index contributed by atoms with van der Waals surface area (Å²) in [5.41, 5.74) is -0.195. The van der Waals surface area contributed by atoms with Crippen molar-refractivity contribution in [2.45, 2.75) is 59.4 Å². The molecule has 0 radical (unpaired) electrons. The molecule has 2 rings (SSSR count). The lowest BCUT2D eigenvalue weighted by Gasteiger charge is -2.19. The van der Waals surface area contributed by atoms with Crippen molar-refractivity contribution in [2.75, 3.05) is 0 Å². The molecular weight excluding hydrogens is 324 g/mol. The molecule has 2 aromatic heterocycles. The molecule has 0 aliphatic carbocycles. The van der Waals surface area contributed by atoms with E-state index in [4.69, 9.17) is 0 Å². The minimum Gasteiger partial charge on any atom is -0.343 e. The molecule has 0 aliphatic rings. The number of H-pyrrole nitrogens is 1. The summed E-state index contributed by atoms with van der Waals surface area (Å²) in [4.78, 5) is 37.5. The molecule has 2 heterocycles. The number of nitrogens with zero attached hydrogens (tertiary/aromatic N) is 2. The summed E-state index contributed by atoms with van der Waals surface area (Å²) >= 11 is 1.54. The molecule has 2 aromatic rings.